The van der Waals surface area contributed by atoms with Crippen molar-refractivity contribution in [3.05, 3.63) is 55.7 Å². The second-order valence-electron chi connectivity index (χ2n) is 5.32. The van der Waals surface area contributed by atoms with Crippen LogP contribution >= 0.6 is 11.6 Å². The van der Waals surface area contributed by atoms with Crippen molar-refractivity contribution < 1.29 is 4.79 Å². The Morgan fingerprint density at radius 1 is 1.29 bits per heavy atom. The SMILES string of the molecule is CCCn1c(N)c(C(=O)CNc2ccccc2Cl)c(=O)n(C)c1=O. The average molecular weight is 351 g/mol. The highest BCUT2D eigenvalue weighted by Crippen LogP contribution is 2.20. The van der Waals surface area contributed by atoms with Crippen LogP contribution in [-0.4, -0.2) is 21.5 Å². The van der Waals surface area contributed by atoms with E-state index < -0.39 is 17.0 Å². The van der Waals surface area contributed by atoms with Gasteiger partial charge in [0.05, 0.1) is 17.3 Å². The maximum absolute atomic E-state index is 12.5. The van der Waals surface area contributed by atoms with Crippen molar-refractivity contribution in [3.63, 3.8) is 0 Å². The highest BCUT2D eigenvalue weighted by atomic mass is 35.5. The van der Waals surface area contributed by atoms with Gasteiger partial charge in [-0.05, 0) is 18.6 Å². The van der Waals surface area contributed by atoms with Gasteiger partial charge in [0.25, 0.3) is 5.56 Å². The number of benzene rings is 1. The van der Waals surface area contributed by atoms with Gasteiger partial charge in [0.15, 0.2) is 5.78 Å². The number of nitrogen functional groups attached to an aromatic ring is 1. The molecule has 24 heavy (non-hydrogen) atoms. The number of anilines is 2. The standard InChI is InChI=1S/C16H19ClN4O3/c1-3-8-21-14(18)13(15(23)20(2)16(21)24)12(22)9-19-11-7-5-4-6-10(11)17/h4-7,19H,3,8-9,18H2,1-2H3. The fourth-order valence-electron chi connectivity index (χ4n) is 2.35. The highest BCUT2D eigenvalue weighted by Gasteiger charge is 2.21. The molecule has 0 atom stereocenters. The molecule has 0 saturated heterocycles. The largest absolute Gasteiger partial charge is 0.384 e. The minimum Gasteiger partial charge on any atom is -0.384 e. The second-order valence-corrected chi connectivity index (χ2v) is 5.72. The molecule has 0 spiro atoms. The van der Waals surface area contributed by atoms with E-state index in [1.807, 2.05) is 6.92 Å². The van der Waals surface area contributed by atoms with E-state index in [-0.39, 0.29) is 17.9 Å². The molecule has 8 heteroatoms. The van der Waals surface area contributed by atoms with Gasteiger partial charge in [0, 0.05) is 13.6 Å². The van der Waals surface area contributed by atoms with Gasteiger partial charge in [-0.3, -0.25) is 18.7 Å². The Balaban J connectivity index is 2.37. The highest BCUT2D eigenvalue weighted by molar-refractivity contribution is 6.33. The number of para-hydroxylation sites is 1. The molecule has 0 saturated carbocycles. The summed E-state index contributed by atoms with van der Waals surface area (Å²) >= 11 is 6.02. The van der Waals surface area contributed by atoms with Gasteiger partial charge in [-0.1, -0.05) is 30.7 Å². The summed E-state index contributed by atoms with van der Waals surface area (Å²) in [6.07, 6.45) is 0.647. The van der Waals surface area contributed by atoms with Gasteiger partial charge >= 0.3 is 5.69 Å². The minimum atomic E-state index is -0.698. The molecule has 0 fully saturated rings. The smallest absolute Gasteiger partial charge is 0.332 e. The Morgan fingerprint density at radius 2 is 1.96 bits per heavy atom. The first-order valence-electron chi connectivity index (χ1n) is 7.49. The number of nitrogens with two attached hydrogens (primary N) is 1. The summed E-state index contributed by atoms with van der Waals surface area (Å²) in [5, 5.41) is 3.34. The lowest BCUT2D eigenvalue weighted by Crippen LogP contribution is -2.43. The molecule has 1 heterocycles. The quantitative estimate of drug-likeness (QED) is 0.769. The van der Waals surface area contributed by atoms with Crippen molar-refractivity contribution in [2.24, 2.45) is 7.05 Å². The summed E-state index contributed by atoms with van der Waals surface area (Å²) in [4.78, 5) is 36.9. The summed E-state index contributed by atoms with van der Waals surface area (Å²) in [7, 11) is 1.33. The number of ketones is 1. The predicted octanol–water partition coefficient (Wildman–Crippen LogP) is 1.49. The maximum atomic E-state index is 12.5. The number of carbonyl (C=O) groups is 1. The number of carbonyl (C=O) groups excluding carboxylic acids is 1. The van der Waals surface area contributed by atoms with Crippen LogP contribution in [0.2, 0.25) is 5.02 Å². The maximum Gasteiger partial charge on any atom is 0.332 e. The first-order valence-corrected chi connectivity index (χ1v) is 7.87. The van der Waals surface area contributed by atoms with Crippen LogP contribution in [-0.2, 0) is 13.6 Å². The molecule has 0 amide bonds. The Hall–Kier alpha value is -2.54. The molecule has 0 aliphatic heterocycles. The Bertz CT molecular complexity index is 886. The topological polar surface area (TPSA) is 99.1 Å². The number of aromatic nitrogens is 2. The summed E-state index contributed by atoms with van der Waals surface area (Å²) in [5.74, 6) is -0.603. The van der Waals surface area contributed by atoms with Gasteiger partial charge in [-0.25, -0.2) is 4.79 Å². The summed E-state index contributed by atoms with van der Waals surface area (Å²) in [6.45, 7) is 2.04. The molecule has 0 bridgehead atoms. The normalized spacial score (nSPS) is 10.6. The predicted molar refractivity (Wildman–Crippen MR) is 94.9 cm³/mol. The van der Waals surface area contributed by atoms with E-state index in [9.17, 15) is 14.4 Å². The lowest BCUT2D eigenvalue weighted by molar-refractivity contribution is 0.100. The van der Waals surface area contributed by atoms with Gasteiger partial charge in [0.1, 0.15) is 11.4 Å². The number of hydrogen-bond acceptors (Lipinski definition) is 5. The molecule has 128 valence electrons. The summed E-state index contributed by atoms with van der Waals surface area (Å²) in [5.41, 5.74) is 5.07. The number of Topliss-reactive ketones (excluding diaryl/α,β-unsaturated/α-hetero) is 1. The molecule has 0 unspecified atom stereocenters. The zero-order valence-electron chi connectivity index (χ0n) is 13.5. The molecule has 0 aliphatic rings. The average Bonchev–Trinajstić information content (AvgIpc) is 2.56. The third-order valence-corrected chi connectivity index (χ3v) is 3.95. The first-order chi connectivity index (χ1) is 11.4. The van der Waals surface area contributed by atoms with Crippen LogP contribution in [0, 0.1) is 0 Å². The van der Waals surface area contributed by atoms with Gasteiger partial charge in [-0.2, -0.15) is 0 Å². The van der Waals surface area contributed by atoms with Crippen LogP contribution in [0.1, 0.15) is 23.7 Å². The van der Waals surface area contributed by atoms with E-state index >= 15 is 0 Å². The molecule has 2 aromatic rings. The van der Waals surface area contributed by atoms with E-state index in [0.717, 1.165) is 4.57 Å². The Kier molecular flexibility index (Phi) is 5.46. The van der Waals surface area contributed by atoms with Crippen LogP contribution in [0.3, 0.4) is 0 Å². The summed E-state index contributed by atoms with van der Waals surface area (Å²) in [6, 6.07) is 6.94. The van der Waals surface area contributed by atoms with Gasteiger partial charge in [0.2, 0.25) is 0 Å². The van der Waals surface area contributed by atoms with Crippen molar-refractivity contribution >= 4 is 28.9 Å². The molecular weight excluding hydrogens is 332 g/mol. The number of nitrogens with one attached hydrogen (secondary N) is 1. The minimum absolute atomic E-state index is 0.101. The van der Waals surface area contributed by atoms with Crippen molar-refractivity contribution in [2.75, 3.05) is 17.6 Å². The third kappa shape index (κ3) is 3.35. The molecule has 1 aromatic carbocycles. The lowest BCUT2D eigenvalue weighted by atomic mass is 10.2. The molecule has 3 N–H and O–H groups in total. The van der Waals surface area contributed by atoms with Crippen molar-refractivity contribution in [1.29, 1.82) is 0 Å². The zero-order valence-corrected chi connectivity index (χ0v) is 14.3. The van der Waals surface area contributed by atoms with Crippen LogP contribution in [0.4, 0.5) is 11.5 Å². The lowest BCUT2D eigenvalue weighted by Gasteiger charge is -2.14. The van der Waals surface area contributed by atoms with Crippen molar-refractivity contribution in [2.45, 2.75) is 19.9 Å². The fourth-order valence-corrected chi connectivity index (χ4v) is 2.56. The van der Waals surface area contributed by atoms with Crippen molar-refractivity contribution in [3.8, 4) is 0 Å². The van der Waals surface area contributed by atoms with E-state index in [4.69, 9.17) is 17.3 Å². The molecule has 2 rings (SSSR count). The van der Waals surface area contributed by atoms with E-state index in [2.05, 4.69) is 5.32 Å². The molecular formula is C16H19ClN4O3. The Morgan fingerprint density at radius 3 is 2.58 bits per heavy atom. The van der Waals surface area contributed by atoms with Gasteiger partial charge in [-0.15, -0.1) is 0 Å². The van der Waals surface area contributed by atoms with Crippen LogP contribution in [0.15, 0.2) is 33.9 Å². The number of halogens is 1. The van der Waals surface area contributed by atoms with Crippen LogP contribution in [0.5, 0.6) is 0 Å². The van der Waals surface area contributed by atoms with Crippen LogP contribution in [0.25, 0.3) is 0 Å². The van der Waals surface area contributed by atoms with E-state index in [1.165, 1.54) is 11.6 Å². The van der Waals surface area contributed by atoms with Crippen LogP contribution < -0.4 is 22.3 Å². The monoisotopic (exact) mass is 350 g/mol. The number of nitrogens with zero attached hydrogens (tertiary/aromatic N) is 2. The van der Waals surface area contributed by atoms with E-state index in [1.54, 1.807) is 24.3 Å². The van der Waals surface area contributed by atoms with E-state index in [0.29, 0.717) is 23.7 Å². The summed E-state index contributed by atoms with van der Waals surface area (Å²) < 4.78 is 2.14. The molecule has 1 aromatic heterocycles. The molecule has 0 aliphatic carbocycles. The first kappa shape index (κ1) is 17.8. The zero-order chi connectivity index (χ0) is 17.9. The number of hydrogen-bond donors (Lipinski definition) is 2. The molecule has 0 radical (unpaired) electrons. The number of rotatable bonds is 6. The third-order valence-electron chi connectivity index (χ3n) is 3.62. The fraction of sp³-hybridized carbons (Fsp3) is 0.312. The second kappa shape index (κ2) is 7.35. The van der Waals surface area contributed by atoms with Gasteiger partial charge < -0.3 is 11.1 Å². The van der Waals surface area contributed by atoms with Crippen molar-refractivity contribution in [1.82, 2.24) is 9.13 Å². The Labute approximate surface area is 143 Å². The molecule has 7 nitrogen and oxygen atoms in total.